The van der Waals surface area contributed by atoms with Crippen LogP contribution in [0.2, 0.25) is 0 Å². The van der Waals surface area contributed by atoms with Crippen molar-refractivity contribution in [3.8, 4) is 11.8 Å². The minimum atomic E-state index is -1.53. The molecule has 0 bridgehead atoms. The van der Waals surface area contributed by atoms with E-state index in [1.54, 1.807) is 65.8 Å². The highest BCUT2D eigenvalue weighted by molar-refractivity contribution is 5.96. The molecule has 0 aliphatic rings. The number of nitrogens with zero attached hydrogens (tertiary/aromatic N) is 1. The van der Waals surface area contributed by atoms with Gasteiger partial charge in [0.15, 0.2) is 5.92 Å². The van der Waals surface area contributed by atoms with E-state index in [9.17, 15) is 19.7 Å². The summed E-state index contributed by atoms with van der Waals surface area (Å²) in [5.74, 6) is 0.996. The lowest BCUT2D eigenvalue weighted by molar-refractivity contribution is -0.486. The Labute approximate surface area is 165 Å². The first-order valence-electron chi connectivity index (χ1n) is 8.92. The first kappa shape index (κ1) is 23.2. The second-order valence-electron chi connectivity index (χ2n) is 8.30. The van der Waals surface area contributed by atoms with Gasteiger partial charge in [-0.25, -0.2) is 0 Å². The van der Waals surface area contributed by atoms with Gasteiger partial charge in [-0.15, -0.1) is 0 Å². The fourth-order valence-corrected chi connectivity index (χ4v) is 2.25. The van der Waals surface area contributed by atoms with Gasteiger partial charge in [-0.3, -0.25) is 19.7 Å². The molecule has 1 aromatic carbocycles. The Morgan fingerprint density at radius 1 is 1.00 bits per heavy atom. The molecule has 0 saturated carbocycles. The maximum Gasteiger partial charge on any atom is 0.322 e. The summed E-state index contributed by atoms with van der Waals surface area (Å²) in [6.07, 6.45) is 0. The second-order valence-corrected chi connectivity index (χ2v) is 8.30. The van der Waals surface area contributed by atoms with Crippen molar-refractivity contribution in [1.82, 2.24) is 0 Å². The highest BCUT2D eigenvalue weighted by Gasteiger charge is 2.42. The van der Waals surface area contributed by atoms with Crippen LogP contribution >= 0.6 is 0 Å². The van der Waals surface area contributed by atoms with Crippen molar-refractivity contribution in [3.63, 3.8) is 0 Å². The smallest absolute Gasteiger partial charge is 0.322 e. The molecule has 152 valence electrons. The van der Waals surface area contributed by atoms with Gasteiger partial charge in [0.1, 0.15) is 17.1 Å². The summed E-state index contributed by atoms with van der Waals surface area (Å²) in [5, 5.41) is 11.2. The molecular weight excluding hydrogens is 362 g/mol. The average Bonchev–Trinajstić information content (AvgIpc) is 2.49. The van der Waals surface area contributed by atoms with Gasteiger partial charge in [-0.1, -0.05) is 30.0 Å². The lowest BCUT2D eigenvalue weighted by Crippen LogP contribution is -2.42. The second kappa shape index (κ2) is 9.36. The molecule has 0 spiro atoms. The van der Waals surface area contributed by atoms with Gasteiger partial charge in [-0.2, -0.15) is 0 Å². The van der Waals surface area contributed by atoms with Crippen LogP contribution in [0.4, 0.5) is 0 Å². The van der Waals surface area contributed by atoms with Crippen molar-refractivity contribution in [2.45, 2.75) is 52.7 Å². The number of rotatable bonds is 5. The fourth-order valence-electron chi connectivity index (χ4n) is 2.25. The molecule has 0 heterocycles. The van der Waals surface area contributed by atoms with E-state index in [1.807, 2.05) is 6.07 Å². The number of carbonyl (C=O) groups excluding carboxylic acids is 2. The van der Waals surface area contributed by atoms with Crippen molar-refractivity contribution < 1.29 is 24.0 Å². The molecule has 0 saturated heterocycles. The van der Waals surface area contributed by atoms with E-state index in [2.05, 4.69) is 11.8 Å². The molecular formula is C21H27NO6. The largest absolute Gasteiger partial charge is 0.459 e. The summed E-state index contributed by atoms with van der Waals surface area (Å²) in [4.78, 5) is 36.0. The summed E-state index contributed by atoms with van der Waals surface area (Å²) in [6, 6.07) is 8.81. The van der Waals surface area contributed by atoms with E-state index in [1.165, 1.54) is 0 Å². The third kappa shape index (κ3) is 8.67. The van der Waals surface area contributed by atoms with E-state index in [0.29, 0.717) is 5.56 Å². The maximum absolute atomic E-state index is 12.7. The van der Waals surface area contributed by atoms with Crippen LogP contribution in [-0.4, -0.2) is 34.6 Å². The topological polar surface area (TPSA) is 95.7 Å². The Kier molecular flexibility index (Phi) is 7.74. The summed E-state index contributed by atoms with van der Waals surface area (Å²) >= 11 is 0. The normalized spacial score (nSPS) is 12.5. The van der Waals surface area contributed by atoms with Crippen LogP contribution < -0.4 is 0 Å². The van der Waals surface area contributed by atoms with Gasteiger partial charge in [0.25, 0.3) is 0 Å². The lowest BCUT2D eigenvalue weighted by atomic mass is 9.91. The average molecular weight is 389 g/mol. The van der Waals surface area contributed by atoms with Crippen LogP contribution in [0.1, 0.15) is 47.1 Å². The summed E-state index contributed by atoms with van der Waals surface area (Å²) in [5.41, 5.74) is -1.13. The third-order valence-corrected chi connectivity index (χ3v) is 3.25. The van der Waals surface area contributed by atoms with Crippen LogP contribution in [-0.2, 0) is 19.1 Å². The zero-order valence-corrected chi connectivity index (χ0v) is 17.1. The minimum absolute atomic E-state index is 0.605. The van der Waals surface area contributed by atoms with Crippen molar-refractivity contribution >= 4 is 11.9 Å². The number of hydrogen-bond acceptors (Lipinski definition) is 6. The van der Waals surface area contributed by atoms with Gasteiger partial charge >= 0.3 is 11.9 Å². The van der Waals surface area contributed by atoms with E-state index in [0.717, 1.165) is 0 Å². The maximum atomic E-state index is 12.7. The first-order valence-corrected chi connectivity index (χ1v) is 8.92. The number of esters is 2. The number of ether oxygens (including phenoxy) is 2. The van der Waals surface area contributed by atoms with Crippen molar-refractivity contribution in [2.24, 2.45) is 11.8 Å². The molecule has 7 nitrogen and oxygen atoms in total. The quantitative estimate of drug-likeness (QED) is 0.252. The molecule has 7 heteroatoms. The zero-order chi connectivity index (χ0) is 21.5. The van der Waals surface area contributed by atoms with Gasteiger partial charge in [-0.05, 0) is 53.7 Å². The van der Waals surface area contributed by atoms with Crippen LogP contribution in [0.25, 0.3) is 0 Å². The number of carbonyl (C=O) groups is 2. The predicted molar refractivity (Wildman–Crippen MR) is 104 cm³/mol. The Morgan fingerprint density at radius 3 is 1.86 bits per heavy atom. The van der Waals surface area contributed by atoms with Gasteiger partial charge in [0.05, 0.1) is 0 Å². The van der Waals surface area contributed by atoms with E-state index in [4.69, 9.17) is 9.47 Å². The number of nitro groups is 1. The molecule has 0 aliphatic carbocycles. The Morgan fingerprint density at radius 2 is 1.46 bits per heavy atom. The highest BCUT2D eigenvalue weighted by Crippen LogP contribution is 2.23. The van der Waals surface area contributed by atoms with E-state index in [-0.39, 0.29) is 0 Å². The van der Waals surface area contributed by atoms with E-state index < -0.39 is 46.4 Å². The molecule has 0 aromatic heterocycles. The summed E-state index contributed by atoms with van der Waals surface area (Å²) in [6.45, 7) is 9.20. The SMILES string of the molecule is CC(C)(C)OC(=O)C(C(=O)OC(C)(C)C)C(C#Cc1ccccc1)C[N+](=O)[O-]. The molecule has 0 aliphatic heterocycles. The molecule has 0 radical (unpaired) electrons. The summed E-state index contributed by atoms with van der Waals surface area (Å²) < 4.78 is 10.6. The zero-order valence-electron chi connectivity index (χ0n) is 17.1. The molecule has 28 heavy (non-hydrogen) atoms. The molecule has 0 fully saturated rings. The van der Waals surface area contributed by atoms with Crippen LogP contribution in [0.15, 0.2) is 30.3 Å². The van der Waals surface area contributed by atoms with Crippen molar-refractivity contribution in [3.05, 3.63) is 46.0 Å². The van der Waals surface area contributed by atoms with Crippen LogP contribution in [0.3, 0.4) is 0 Å². The molecule has 1 unspecified atom stereocenters. The third-order valence-electron chi connectivity index (χ3n) is 3.25. The highest BCUT2D eigenvalue weighted by atomic mass is 16.6. The van der Waals surface area contributed by atoms with Crippen molar-refractivity contribution in [2.75, 3.05) is 6.54 Å². The predicted octanol–water partition coefficient (Wildman–Crippen LogP) is 3.23. The standard InChI is InChI=1S/C21H27NO6/c1-20(2,3)27-18(23)17(19(24)28-21(4,5)6)16(14-22(25)26)13-12-15-10-8-7-9-11-15/h7-11,16-17H,14H2,1-6H3. The Bertz CT molecular complexity index is 734. The molecule has 1 aromatic rings. The number of hydrogen-bond donors (Lipinski definition) is 0. The monoisotopic (exact) mass is 389 g/mol. The minimum Gasteiger partial charge on any atom is -0.459 e. The molecule has 0 N–H and O–H groups in total. The Balaban J connectivity index is 3.32. The van der Waals surface area contributed by atoms with Gasteiger partial charge < -0.3 is 9.47 Å². The molecule has 0 amide bonds. The van der Waals surface area contributed by atoms with Crippen LogP contribution in [0.5, 0.6) is 0 Å². The number of benzene rings is 1. The van der Waals surface area contributed by atoms with Gasteiger partial charge in [0.2, 0.25) is 6.54 Å². The fraction of sp³-hybridized carbons (Fsp3) is 0.524. The van der Waals surface area contributed by atoms with Crippen LogP contribution in [0, 0.1) is 33.8 Å². The lowest BCUT2D eigenvalue weighted by Gasteiger charge is -2.27. The summed E-state index contributed by atoms with van der Waals surface area (Å²) in [7, 11) is 0. The van der Waals surface area contributed by atoms with Crippen molar-refractivity contribution in [1.29, 1.82) is 0 Å². The molecule has 1 rings (SSSR count). The first-order chi connectivity index (χ1) is 12.8. The Hall–Kier alpha value is -2.88. The molecule has 1 atom stereocenters. The van der Waals surface area contributed by atoms with Gasteiger partial charge in [0, 0.05) is 10.5 Å². The van der Waals surface area contributed by atoms with E-state index >= 15 is 0 Å².